The summed E-state index contributed by atoms with van der Waals surface area (Å²) in [6.45, 7) is 4.29. The molecule has 4 nitrogen and oxygen atoms in total. The fraction of sp³-hybridized carbons (Fsp3) is 0.400. The molecule has 0 unspecified atom stereocenters. The molecule has 1 saturated carbocycles. The van der Waals surface area contributed by atoms with Crippen LogP contribution in [0.25, 0.3) is 11.5 Å². The molecule has 0 N–H and O–H groups in total. The summed E-state index contributed by atoms with van der Waals surface area (Å²) in [5, 5.41) is 7.80. The summed E-state index contributed by atoms with van der Waals surface area (Å²) in [6.07, 6.45) is 1.89. The number of Topliss-reactive ketones (excluding diaryl/α,β-unsaturated/α-hetero) is 1. The van der Waals surface area contributed by atoms with E-state index in [1.165, 1.54) is 5.56 Å². The largest absolute Gasteiger partial charge is 0.414 e. The maximum Gasteiger partial charge on any atom is 0.284 e. The van der Waals surface area contributed by atoms with Crippen molar-refractivity contribution in [2.45, 2.75) is 32.6 Å². The predicted octanol–water partition coefficient (Wildman–Crippen LogP) is 3.45. The van der Waals surface area contributed by atoms with Gasteiger partial charge in [0.1, 0.15) is 0 Å². The Morgan fingerprint density at radius 3 is 2.47 bits per heavy atom. The first kappa shape index (κ1) is 12.1. The topological polar surface area (TPSA) is 56.0 Å². The minimum atomic E-state index is -0.0162. The SMILES string of the molecule is CC(C)c1ccc(-c2nnc(C(=O)C3CC3)o2)cc1. The lowest BCUT2D eigenvalue weighted by Gasteiger charge is -2.04. The lowest BCUT2D eigenvalue weighted by Crippen LogP contribution is -2.01. The molecule has 19 heavy (non-hydrogen) atoms. The summed E-state index contributed by atoms with van der Waals surface area (Å²) >= 11 is 0. The van der Waals surface area contributed by atoms with Crippen molar-refractivity contribution in [2.75, 3.05) is 0 Å². The van der Waals surface area contributed by atoms with Crippen LogP contribution in [0.3, 0.4) is 0 Å². The van der Waals surface area contributed by atoms with Crippen molar-refractivity contribution in [1.82, 2.24) is 10.2 Å². The Morgan fingerprint density at radius 2 is 1.89 bits per heavy atom. The molecular weight excluding hydrogens is 240 g/mol. The third kappa shape index (κ3) is 2.43. The van der Waals surface area contributed by atoms with E-state index in [-0.39, 0.29) is 17.6 Å². The highest BCUT2D eigenvalue weighted by Gasteiger charge is 2.34. The average molecular weight is 256 g/mol. The van der Waals surface area contributed by atoms with E-state index in [1.54, 1.807) is 0 Å². The van der Waals surface area contributed by atoms with Crippen molar-refractivity contribution in [3.05, 3.63) is 35.7 Å². The zero-order chi connectivity index (χ0) is 13.4. The molecule has 3 rings (SSSR count). The first-order valence-corrected chi connectivity index (χ1v) is 6.63. The molecule has 1 aromatic carbocycles. The second-order valence-corrected chi connectivity index (χ2v) is 5.33. The maximum absolute atomic E-state index is 11.8. The van der Waals surface area contributed by atoms with E-state index in [4.69, 9.17) is 4.42 Å². The molecule has 2 aromatic rings. The van der Waals surface area contributed by atoms with Crippen molar-refractivity contribution in [3.8, 4) is 11.5 Å². The Balaban J connectivity index is 1.83. The highest BCUT2D eigenvalue weighted by atomic mass is 16.4. The molecule has 0 atom stereocenters. The summed E-state index contributed by atoms with van der Waals surface area (Å²) in [4.78, 5) is 11.8. The Labute approximate surface area is 111 Å². The quantitative estimate of drug-likeness (QED) is 0.786. The van der Waals surface area contributed by atoms with E-state index >= 15 is 0 Å². The van der Waals surface area contributed by atoms with E-state index in [0.29, 0.717) is 11.8 Å². The molecule has 0 saturated heterocycles. The van der Waals surface area contributed by atoms with Crippen LogP contribution >= 0.6 is 0 Å². The minimum Gasteiger partial charge on any atom is -0.414 e. The van der Waals surface area contributed by atoms with E-state index in [0.717, 1.165) is 18.4 Å². The fourth-order valence-corrected chi connectivity index (χ4v) is 1.97. The number of hydrogen-bond acceptors (Lipinski definition) is 4. The van der Waals surface area contributed by atoms with Gasteiger partial charge in [0.15, 0.2) is 0 Å². The van der Waals surface area contributed by atoms with Crippen molar-refractivity contribution in [1.29, 1.82) is 0 Å². The minimum absolute atomic E-state index is 0.0162. The smallest absolute Gasteiger partial charge is 0.284 e. The summed E-state index contributed by atoms with van der Waals surface area (Å²) < 4.78 is 5.46. The van der Waals surface area contributed by atoms with E-state index in [1.807, 2.05) is 24.3 Å². The Kier molecular flexibility index (Phi) is 2.93. The number of carbonyl (C=O) groups excluding carboxylic acids is 1. The Hall–Kier alpha value is -1.97. The molecule has 1 aromatic heterocycles. The van der Waals surface area contributed by atoms with Crippen molar-refractivity contribution in [2.24, 2.45) is 5.92 Å². The number of benzene rings is 1. The van der Waals surface area contributed by atoms with Gasteiger partial charge in [0.05, 0.1) is 0 Å². The molecule has 1 aliphatic carbocycles. The van der Waals surface area contributed by atoms with Gasteiger partial charge in [-0.1, -0.05) is 26.0 Å². The van der Waals surface area contributed by atoms with Gasteiger partial charge in [0.2, 0.25) is 11.7 Å². The Morgan fingerprint density at radius 1 is 1.21 bits per heavy atom. The van der Waals surface area contributed by atoms with Crippen LogP contribution in [0.1, 0.15) is 48.9 Å². The predicted molar refractivity (Wildman–Crippen MR) is 70.9 cm³/mol. The number of rotatable bonds is 4. The molecule has 98 valence electrons. The summed E-state index contributed by atoms with van der Waals surface area (Å²) in [5.74, 6) is 1.14. The van der Waals surface area contributed by atoms with Crippen molar-refractivity contribution < 1.29 is 9.21 Å². The average Bonchev–Trinajstić information content (AvgIpc) is 3.15. The van der Waals surface area contributed by atoms with E-state index < -0.39 is 0 Å². The standard InChI is InChI=1S/C15H16N2O2/c1-9(2)10-3-7-12(8-4-10)14-16-17-15(19-14)13(18)11-5-6-11/h3-4,7-9,11H,5-6H2,1-2H3. The molecular formula is C15H16N2O2. The lowest BCUT2D eigenvalue weighted by molar-refractivity contribution is 0.0934. The van der Waals surface area contributed by atoms with Gasteiger partial charge in [-0.25, -0.2) is 0 Å². The van der Waals surface area contributed by atoms with Gasteiger partial charge in [0, 0.05) is 11.5 Å². The molecule has 0 bridgehead atoms. The van der Waals surface area contributed by atoms with Crippen LogP contribution in [0, 0.1) is 5.92 Å². The van der Waals surface area contributed by atoms with Gasteiger partial charge in [-0.2, -0.15) is 0 Å². The Bertz CT molecular complexity index is 595. The van der Waals surface area contributed by atoms with Crippen LogP contribution in [0.4, 0.5) is 0 Å². The third-order valence-electron chi connectivity index (χ3n) is 3.41. The van der Waals surface area contributed by atoms with Gasteiger partial charge < -0.3 is 4.42 Å². The van der Waals surface area contributed by atoms with Crippen LogP contribution in [-0.2, 0) is 0 Å². The van der Waals surface area contributed by atoms with E-state index in [2.05, 4.69) is 24.0 Å². The zero-order valence-corrected chi connectivity index (χ0v) is 11.1. The molecule has 1 heterocycles. The highest BCUT2D eigenvalue weighted by Crippen LogP contribution is 2.32. The van der Waals surface area contributed by atoms with Crippen LogP contribution in [0.15, 0.2) is 28.7 Å². The summed E-state index contributed by atoms with van der Waals surface area (Å²) in [7, 11) is 0. The molecule has 0 radical (unpaired) electrons. The normalized spacial score (nSPS) is 14.9. The van der Waals surface area contributed by atoms with Crippen molar-refractivity contribution >= 4 is 5.78 Å². The second-order valence-electron chi connectivity index (χ2n) is 5.33. The molecule has 4 heteroatoms. The van der Waals surface area contributed by atoms with Crippen LogP contribution in [0.2, 0.25) is 0 Å². The zero-order valence-electron chi connectivity index (χ0n) is 11.1. The molecule has 0 spiro atoms. The maximum atomic E-state index is 11.8. The van der Waals surface area contributed by atoms with E-state index in [9.17, 15) is 4.79 Å². The lowest BCUT2D eigenvalue weighted by atomic mass is 10.0. The number of ketones is 1. The molecule has 1 fully saturated rings. The second kappa shape index (κ2) is 4.61. The fourth-order valence-electron chi connectivity index (χ4n) is 1.97. The number of hydrogen-bond donors (Lipinski definition) is 0. The number of aromatic nitrogens is 2. The monoisotopic (exact) mass is 256 g/mol. The van der Waals surface area contributed by atoms with Gasteiger partial charge in [-0.05, 0) is 36.5 Å². The third-order valence-corrected chi connectivity index (χ3v) is 3.41. The highest BCUT2D eigenvalue weighted by molar-refractivity contribution is 5.95. The first-order valence-electron chi connectivity index (χ1n) is 6.63. The van der Waals surface area contributed by atoms with Gasteiger partial charge in [0.25, 0.3) is 5.89 Å². The summed E-state index contributed by atoms with van der Waals surface area (Å²) in [5.41, 5.74) is 2.12. The number of carbonyl (C=O) groups is 1. The van der Waals surface area contributed by atoms with Crippen molar-refractivity contribution in [3.63, 3.8) is 0 Å². The molecule has 0 aliphatic heterocycles. The number of nitrogens with zero attached hydrogens (tertiary/aromatic N) is 2. The van der Waals surface area contributed by atoms with Crippen LogP contribution < -0.4 is 0 Å². The van der Waals surface area contributed by atoms with Gasteiger partial charge in [-0.15, -0.1) is 10.2 Å². The van der Waals surface area contributed by atoms with Gasteiger partial charge >= 0.3 is 0 Å². The molecule has 0 amide bonds. The van der Waals surface area contributed by atoms with Gasteiger partial charge in [-0.3, -0.25) is 4.79 Å². The van der Waals surface area contributed by atoms with Crippen LogP contribution in [0.5, 0.6) is 0 Å². The van der Waals surface area contributed by atoms with Crippen LogP contribution in [-0.4, -0.2) is 16.0 Å². The summed E-state index contributed by atoms with van der Waals surface area (Å²) in [6, 6.07) is 8.00. The first-order chi connectivity index (χ1) is 9.15. The molecule has 1 aliphatic rings.